The monoisotopic (exact) mass is 571 g/mol. The number of aliphatic carboxylic acids is 1. The second-order valence-electron chi connectivity index (χ2n) is 9.11. The molecule has 0 bridgehead atoms. The van der Waals surface area contributed by atoms with Crippen LogP contribution in [0.1, 0.15) is 28.1 Å². The molecule has 0 radical (unpaired) electrons. The van der Waals surface area contributed by atoms with Crippen molar-refractivity contribution in [3.8, 4) is 0 Å². The molecular formula is C26H20F7N3O4. The molecule has 2 aromatic heterocycles. The van der Waals surface area contributed by atoms with Gasteiger partial charge in [-0.15, -0.1) is 0 Å². The van der Waals surface area contributed by atoms with Crippen molar-refractivity contribution in [1.29, 1.82) is 0 Å². The van der Waals surface area contributed by atoms with E-state index in [2.05, 4.69) is 5.10 Å². The number of hydrogen-bond acceptors (Lipinski definition) is 4. The fourth-order valence-corrected chi connectivity index (χ4v) is 4.48. The van der Waals surface area contributed by atoms with E-state index < -0.39 is 40.9 Å². The van der Waals surface area contributed by atoms with E-state index in [-0.39, 0.29) is 25.1 Å². The van der Waals surface area contributed by atoms with Crippen LogP contribution in [0, 0.1) is 12.7 Å². The highest BCUT2D eigenvalue weighted by Crippen LogP contribution is 2.50. The summed E-state index contributed by atoms with van der Waals surface area (Å²) in [6.07, 6.45) is -12.0. The molecule has 212 valence electrons. The first-order valence-electron chi connectivity index (χ1n) is 11.5. The Morgan fingerprint density at radius 1 is 0.950 bits per heavy atom. The molecule has 14 heteroatoms. The lowest BCUT2D eigenvalue weighted by Crippen LogP contribution is -2.53. The Morgan fingerprint density at radius 3 is 2.15 bits per heavy atom. The van der Waals surface area contributed by atoms with Crippen LogP contribution < -0.4 is 5.56 Å². The van der Waals surface area contributed by atoms with Gasteiger partial charge in [-0.2, -0.15) is 31.4 Å². The highest BCUT2D eigenvalue weighted by Gasteiger charge is 2.71. The van der Waals surface area contributed by atoms with Crippen LogP contribution in [-0.2, 0) is 29.9 Å². The van der Waals surface area contributed by atoms with Gasteiger partial charge in [0, 0.05) is 34.6 Å². The van der Waals surface area contributed by atoms with Gasteiger partial charge < -0.3 is 14.8 Å². The van der Waals surface area contributed by atoms with E-state index in [0.29, 0.717) is 40.0 Å². The van der Waals surface area contributed by atoms with Crippen molar-refractivity contribution in [2.24, 2.45) is 0 Å². The Bertz CT molecular complexity index is 1620. The molecule has 0 aliphatic heterocycles. The number of aliphatic hydroxyl groups is 1. The smallest absolute Gasteiger partial charge is 0.430 e. The molecule has 40 heavy (non-hydrogen) atoms. The van der Waals surface area contributed by atoms with Gasteiger partial charge in [0.1, 0.15) is 12.4 Å². The van der Waals surface area contributed by atoms with Gasteiger partial charge in [0.25, 0.3) is 11.2 Å². The number of nitrogens with zero attached hydrogens (tertiary/aromatic N) is 3. The number of halogens is 7. The largest absolute Gasteiger partial charge is 0.480 e. The van der Waals surface area contributed by atoms with Crippen LogP contribution in [0.15, 0.2) is 59.4 Å². The molecule has 2 N–H and O–H groups in total. The molecule has 0 amide bonds. The molecular weight excluding hydrogens is 551 g/mol. The van der Waals surface area contributed by atoms with Gasteiger partial charge in [0.15, 0.2) is 0 Å². The molecule has 4 aromatic rings. The maximum Gasteiger partial charge on any atom is 0.430 e. The molecule has 0 saturated heterocycles. The molecule has 0 atom stereocenters. The number of fused-ring (bicyclic) bond motifs is 1. The average Bonchev–Trinajstić information content (AvgIpc) is 3.09. The molecule has 0 fully saturated rings. The summed E-state index contributed by atoms with van der Waals surface area (Å²) in [5.74, 6) is -1.66. The Hall–Kier alpha value is -4.20. The number of alkyl halides is 6. The second-order valence-corrected chi connectivity index (χ2v) is 9.11. The van der Waals surface area contributed by atoms with Gasteiger partial charge in [-0.25, -0.2) is 9.07 Å². The number of benzene rings is 2. The second kappa shape index (κ2) is 10.1. The van der Waals surface area contributed by atoms with E-state index in [0.717, 1.165) is 22.9 Å². The van der Waals surface area contributed by atoms with Gasteiger partial charge in [-0.05, 0) is 42.3 Å². The Balaban J connectivity index is 1.66. The summed E-state index contributed by atoms with van der Waals surface area (Å²) in [4.78, 5) is 23.8. The van der Waals surface area contributed by atoms with Crippen molar-refractivity contribution >= 4 is 16.9 Å². The molecule has 0 spiro atoms. The van der Waals surface area contributed by atoms with Crippen LogP contribution in [0.25, 0.3) is 10.9 Å². The minimum absolute atomic E-state index is 0.0574. The molecule has 0 unspecified atom stereocenters. The van der Waals surface area contributed by atoms with Gasteiger partial charge in [0.05, 0.1) is 12.2 Å². The normalized spacial score (nSPS) is 12.7. The van der Waals surface area contributed by atoms with Crippen molar-refractivity contribution in [2.75, 3.05) is 0 Å². The summed E-state index contributed by atoms with van der Waals surface area (Å²) in [7, 11) is 0. The lowest BCUT2D eigenvalue weighted by atomic mass is 9.91. The predicted molar refractivity (Wildman–Crippen MR) is 127 cm³/mol. The molecule has 4 rings (SSSR count). The van der Waals surface area contributed by atoms with Crippen LogP contribution >= 0.6 is 0 Å². The summed E-state index contributed by atoms with van der Waals surface area (Å²) in [6, 6.07) is 9.20. The van der Waals surface area contributed by atoms with E-state index in [1.807, 2.05) is 0 Å². The summed E-state index contributed by atoms with van der Waals surface area (Å²) in [6.45, 7) is 0.948. The standard InChI is InChI=1S/C26H20F7N3O4/c1-14-19(20-10-17(27)6-8-21(20)35(14)13-23(38)39)11-18-7-9-22(37)36(34-18)12-15-2-4-16(5-3-15)24(40,25(28,29)30)26(31,32)33/h2-10,40H,11-13H2,1H3,(H,38,39). The van der Waals surface area contributed by atoms with Crippen molar-refractivity contribution < 1.29 is 45.7 Å². The first-order chi connectivity index (χ1) is 18.5. The number of carbonyl (C=O) groups is 1. The Labute approximate surface area is 220 Å². The topological polar surface area (TPSA) is 97.4 Å². The van der Waals surface area contributed by atoms with E-state index in [4.69, 9.17) is 0 Å². The van der Waals surface area contributed by atoms with E-state index in [9.17, 15) is 50.5 Å². The first kappa shape index (κ1) is 28.8. The molecule has 0 aliphatic carbocycles. The van der Waals surface area contributed by atoms with E-state index in [1.54, 1.807) is 6.92 Å². The third kappa shape index (κ3) is 5.18. The van der Waals surface area contributed by atoms with Gasteiger partial charge in [-0.3, -0.25) is 9.59 Å². The molecule has 0 saturated carbocycles. The lowest BCUT2D eigenvalue weighted by molar-refractivity contribution is -0.376. The number of carboxylic acid groups (broad SMARTS) is 1. The van der Waals surface area contributed by atoms with Crippen molar-refractivity contribution in [3.05, 3.63) is 98.8 Å². The number of rotatable bonds is 7. The molecule has 2 heterocycles. The van der Waals surface area contributed by atoms with Gasteiger partial charge in [-0.1, -0.05) is 24.3 Å². The van der Waals surface area contributed by atoms with Crippen LogP contribution in [0.3, 0.4) is 0 Å². The minimum atomic E-state index is -6.03. The molecule has 7 nitrogen and oxygen atoms in total. The third-order valence-corrected chi connectivity index (χ3v) is 6.51. The maximum absolute atomic E-state index is 14.0. The fraction of sp³-hybridized carbons (Fsp3) is 0.269. The number of carboxylic acids is 1. The predicted octanol–water partition coefficient (Wildman–Crippen LogP) is 4.68. The number of hydrogen-bond donors (Lipinski definition) is 2. The summed E-state index contributed by atoms with van der Waals surface area (Å²) in [5.41, 5.74) is -5.15. The highest BCUT2D eigenvalue weighted by atomic mass is 19.4. The zero-order chi connectivity index (χ0) is 29.6. The molecule has 2 aromatic carbocycles. The van der Waals surface area contributed by atoms with Crippen molar-refractivity contribution in [2.45, 2.75) is 44.4 Å². The van der Waals surface area contributed by atoms with Crippen LogP contribution in [0.4, 0.5) is 30.7 Å². The molecule has 0 aliphatic rings. The average molecular weight is 571 g/mol. The summed E-state index contributed by atoms with van der Waals surface area (Å²) < 4.78 is 95.3. The fourth-order valence-electron chi connectivity index (χ4n) is 4.48. The third-order valence-electron chi connectivity index (χ3n) is 6.51. The lowest BCUT2D eigenvalue weighted by Gasteiger charge is -2.32. The van der Waals surface area contributed by atoms with E-state index in [1.165, 1.54) is 28.8 Å². The highest BCUT2D eigenvalue weighted by molar-refractivity contribution is 5.87. The Morgan fingerprint density at radius 2 is 1.57 bits per heavy atom. The van der Waals surface area contributed by atoms with Crippen molar-refractivity contribution in [1.82, 2.24) is 14.3 Å². The first-order valence-corrected chi connectivity index (χ1v) is 11.5. The number of aromatic nitrogens is 3. The SMILES string of the molecule is Cc1c(Cc2ccc(=O)n(Cc3ccc(C(O)(C(F)(F)F)C(F)(F)F)cc3)n2)c2cc(F)ccc2n1CC(=O)O. The van der Waals surface area contributed by atoms with E-state index >= 15 is 0 Å². The summed E-state index contributed by atoms with van der Waals surface area (Å²) >= 11 is 0. The van der Waals surface area contributed by atoms with Crippen LogP contribution in [-0.4, -0.2) is 42.9 Å². The van der Waals surface area contributed by atoms with Gasteiger partial charge in [0.2, 0.25) is 0 Å². The zero-order valence-corrected chi connectivity index (χ0v) is 20.5. The van der Waals surface area contributed by atoms with Crippen molar-refractivity contribution in [3.63, 3.8) is 0 Å². The zero-order valence-electron chi connectivity index (χ0n) is 20.5. The maximum atomic E-state index is 14.0. The van der Waals surface area contributed by atoms with Crippen LogP contribution in [0.2, 0.25) is 0 Å². The summed E-state index contributed by atoms with van der Waals surface area (Å²) in [5, 5.41) is 23.5. The van der Waals surface area contributed by atoms with Crippen LogP contribution in [0.5, 0.6) is 0 Å². The van der Waals surface area contributed by atoms with Gasteiger partial charge >= 0.3 is 18.3 Å². The minimum Gasteiger partial charge on any atom is -0.480 e. The quantitative estimate of drug-likeness (QED) is 0.314. The Kier molecular flexibility index (Phi) is 7.26.